The molecule has 15 heavy (non-hydrogen) atoms. The van der Waals surface area contributed by atoms with E-state index in [1.54, 1.807) is 6.07 Å². The fourth-order valence-electron chi connectivity index (χ4n) is 1.48. The van der Waals surface area contributed by atoms with E-state index >= 15 is 0 Å². The molecule has 0 saturated heterocycles. The topological polar surface area (TPSA) is 61.3 Å². The first-order valence-corrected chi connectivity index (χ1v) is 4.90. The van der Waals surface area contributed by atoms with Crippen LogP contribution in [0, 0.1) is 0 Å². The average Bonchev–Trinajstić information content (AvgIpc) is 2.17. The molecule has 0 fully saturated rings. The molecule has 0 radical (unpaired) electrons. The van der Waals surface area contributed by atoms with Crippen molar-refractivity contribution in [3.05, 3.63) is 48.3 Å². The number of benzene rings is 1. The van der Waals surface area contributed by atoms with Gasteiger partial charge in [-0.15, -0.1) is 0 Å². The van der Waals surface area contributed by atoms with Gasteiger partial charge in [0, 0.05) is 24.2 Å². The zero-order valence-corrected chi connectivity index (χ0v) is 8.39. The number of hydrogen-bond donors (Lipinski definition) is 2. The van der Waals surface area contributed by atoms with E-state index in [9.17, 15) is 0 Å². The molecule has 3 nitrogen and oxygen atoms in total. The Morgan fingerprint density at radius 2 is 2.20 bits per heavy atom. The molecule has 0 amide bonds. The lowest BCUT2D eigenvalue weighted by Crippen LogP contribution is -2.20. The summed E-state index contributed by atoms with van der Waals surface area (Å²) in [6.07, 6.45) is 6.51. The van der Waals surface area contributed by atoms with Gasteiger partial charge in [0.1, 0.15) is 11.5 Å². The Morgan fingerprint density at radius 3 is 2.93 bits per heavy atom. The van der Waals surface area contributed by atoms with Gasteiger partial charge in [0.15, 0.2) is 0 Å². The number of hydrogen-bond acceptors (Lipinski definition) is 3. The van der Waals surface area contributed by atoms with Crippen molar-refractivity contribution in [3.8, 4) is 5.75 Å². The van der Waals surface area contributed by atoms with Crippen molar-refractivity contribution in [3.63, 3.8) is 0 Å². The molecule has 1 aliphatic rings. The summed E-state index contributed by atoms with van der Waals surface area (Å²) < 4.78 is 5.66. The molecule has 4 N–H and O–H groups in total. The zero-order chi connectivity index (χ0) is 10.7. The minimum absolute atomic E-state index is 0.0473. The first-order chi connectivity index (χ1) is 7.24. The number of rotatable bonds is 2. The number of nitrogens with two attached hydrogens (primary N) is 2. The normalized spacial score (nSPS) is 19.8. The lowest BCUT2D eigenvalue weighted by Gasteiger charge is -2.15. The molecule has 0 bridgehead atoms. The summed E-state index contributed by atoms with van der Waals surface area (Å²) in [5, 5.41) is 0. The van der Waals surface area contributed by atoms with Crippen LogP contribution in [-0.4, -0.2) is 6.04 Å². The SMILES string of the molecule is Nc1cccc(OC2=CC=CC(N)C2)c1. The van der Waals surface area contributed by atoms with Crippen LogP contribution < -0.4 is 16.2 Å². The van der Waals surface area contributed by atoms with E-state index in [1.165, 1.54) is 0 Å². The van der Waals surface area contributed by atoms with Gasteiger partial charge in [-0.25, -0.2) is 0 Å². The number of ether oxygens (including phenoxy) is 1. The van der Waals surface area contributed by atoms with Gasteiger partial charge in [-0.1, -0.05) is 18.2 Å². The van der Waals surface area contributed by atoms with Crippen LogP contribution in [0.25, 0.3) is 0 Å². The fourth-order valence-corrected chi connectivity index (χ4v) is 1.48. The summed E-state index contributed by atoms with van der Waals surface area (Å²) in [6.45, 7) is 0. The molecule has 2 rings (SSSR count). The van der Waals surface area contributed by atoms with Gasteiger partial charge in [0.25, 0.3) is 0 Å². The first-order valence-electron chi connectivity index (χ1n) is 4.90. The van der Waals surface area contributed by atoms with E-state index < -0.39 is 0 Å². The average molecular weight is 202 g/mol. The molecule has 1 aliphatic carbocycles. The monoisotopic (exact) mass is 202 g/mol. The summed E-state index contributed by atoms with van der Waals surface area (Å²) in [5.74, 6) is 1.62. The summed E-state index contributed by atoms with van der Waals surface area (Å²) in [6, 6.07) is 7.41. The smallest absolute Gasteiger partial charge is 0.128 e. The van der Waals surface area contributed by atoms with Crippen LogP contribution >= 0.6 is 0 Å². The van der Waals surface area contributed by atoms with Crippen molar-refractivity contribution in [2.75, 3.05) is 5.73 Å². The molecule has 0 spiro atoms. The van der Waals surface area contributed by atoms with Crippen LogP contribution in [0.5, 0.6) is 5.75 Å². The second-order valence-corrected chi connectivity index (χ2v) is 3.56. The largest absolute Gasteiger partial charge is 0.462 e. The van der Waals surface area contributed by atoms with Gasteiger partial charge in [0.2, 0.25) is 0 Å². The molecule has 1 aromatic carbocycles. The maximum atomic E-state index is 5.78. The molecule has 0 heterocycles. The van der Waals surface area contributed by atoms with E-state index in [0.29, 0.717) is 5.69 Å². The van der Waals surface area contributed by atoms with Gasteiger partial charge in [-0.3, -0.25) is 0 Å². The molecule has 0 aliphatic heterocycles. The highest BCUT2D eigenvalue weighted by atomic mass is 16.5. The van der Waals surface area contributed by atoms with E-state index in [1.807, 2.05) is 36.4 Å². The molecular formula is C12H14N2O. The van der Waals surface area contributed by atoms with E-state index in [0.717, 1.165) is 17.9 Å². The van der Waals surface area contributed by atoms with Crippen LogP contribution in [0.1, 0.15) is 6.42 Å². The molecular weight excluding hydrogens is 188 g/mol. The van der Waals surface area contributed by atoms with E-state index in [4.69, 9.17) is 16.2 Å². The fraction of sp³-hybridized carbons (Fsp3) is 0.167. The maximum absolute atomic E-state index is 5.78. The Labute approximate surface area is 89.0 Å². The van der Waals surface area contributed by atoms with Crippen LogP contribution in [0.2, 0.25) is 0 Å². The predicted octanol–water partition coefficient (Wildman–Crippen LogP) is 1.82. The van der Waals surface area contributed by atoms with Crippen LogP contribution in [0.4, 0.5) is 5.69 Å². The highest BCUT2D eigenvalue weighted by molar-refractivity contribution is 5.44. The molecule has 1 atom stereocenters. The van der Waals surface area contributed by atoms with Crippen molar-refractivity contribution >= 4 is 5.69 Å². The Balaban J connectivity index is 2.09. The summed E-state index contributed by atoms with van der Waals surface area (Å²) in [5.41, 5.74) is 12.1. The van der Waals surface area contributed by atoms with Gasteiger partial charge in [0.05, 0.1) is 0 Å². The van der Waals surface area contributed by atoms with Crippen LogP contribution in [0.3, 0.4) is 0 Å². The summed E-state index contributed by atoms with van der Waals surface area (Å²) >= 11 is 0. The predicted molar refractivity (Wildman–Crippen MR) is 61.3 cm³/mol. The van der Waals surface area contributed by atoms with Crippen molar-refractivity contribution in [1.82, 2.24) is 0 Å². The van der Waals surface area contributed by atoms with Crippen molar-refractivity contribution in [2.24, 2.45) is 5.73 Å². The standard InChI is InChI=1S/C12H14N2O/c13-9-3-1-5-11(7-9)15-12-6-2-4-10(14)8-12/h1-7,10H,8,13-14H2. The third-order valence-corrected chi connectivity index (χ3v) is 2.18. The van der Waals surface area contributed by atoms with Crippen LogP contribution in [-0.2, 0) is 0 Å². The van der Waals surface area contributed by atoms with Crippen molar-refractivity contribution in [2.45, 2.75) is 12.5 Å². The minimum atomic E-state index is 0.0473. The zero-order valence-electron chi connectivity index (χ0n) is 8.39. The number of nitrogen functional groups attached to an aromatic ring is 1. The van der Waals surface area contributed by atoms with Gasteiger partial charge in [-0.2, -0.15) is 0 Å². The maximum Gasteiger partial charge on any atom is 0.128 e. The van der Waals surface area contributed by atoms with Gasteiger partial charge >= 0.3 is 0 Å². The lowest BCUT2D eigenvalue weighted by atomic mass is 10.1. The Kier molecular flexibility index (Phi) is 2.74. The number of anilines is 1. The van der Waals surface area contributed by atoms with E-state index in [2.05, 4.69) is 0 Å². The molecule has 1 aromatic rings. The first kappa shape index (κ1) is 9.80. The number of allylic oxidation sites excluding steroid dienone is 2. The third-order valence-electron chi connectivity index (χ3n) is 2.18. The van der Waals surface area contributed by atoms with Gasteiger partial charge < -0.3 is 16.2 Å². The molecule has 78 valence electrons. The molecule has 1 unspecified atom stereocenters. The highest BCUT2D eigenvalue weighted by Crippen LogP contribution is 2.20. The quantitative estimate of drug-likeness (QED) is 0.719. The lowest BCUT2D eigenvalue weighted by molar-refractivity contribution is 0.395. The van der Waals surface area contributed by atoms with Crippen LogP contribution in [0.15, 0.2) is 48.3 Å². The summed E-state index contributed by atoms with van der Waals surface area (Å²) in [7, 11) is 0. The molecule has 0 saturated carbocycles. The van der Waals surface area contributed by atoms with Gasteiger partial charge in [-0.05, 0) is 18.2 Å². The highest BCUT2D eigenvalue weighted by Gasteiger charge is 2.08. The minimum Gasteiger partial charge on any atom is -0.462 e. The molecule has 3 heteroatoms. The molecule has 0 aromatic heterocycles. The third kappa shape index (κ3) is 2.60. The second kappa shape index (κ2) is 4.19. The van der Waals surface area contributed by atoms with Crippen molar-refractivity contribution in [1.29, 1.82) is 0 Å². The van der Waals surface area contributed by atoms with E-state index in [-0.39, 0.29) is 6.04 Å². The Morgan fingerprint density at radius 1 is 1.33 bits per heavy atom. The summed E-state index contributed by atoms with van der Waals surface area (Å²) in [4.78, 5) is 0. The Bertz CT molecular complexity index is 410. The Hall–Kier alpha value is -1.74. The second-order valence-electron chi connectivity index (χ2n) is 3.56. The van der Waals surface area contributed by atoms with Crippen molar-refractivity contribution < 1.29 is 4.74 Å².